The van der Waals surface area contributed by atoms with Crippen molar-refractivity contribution < 1.29 is 22.7 Å². The number of benzene rings is 1. The molecule has 0 bridgehead atoms. The number of hydrogen-bond acceptors (Lipinski definition) is 5. The highest BCUT2D eigenvalue weighted by molar-refractivity contribution is 7.89. The maximum Gasteiger partial charge on any atom is 0.253 e. The van der Waals surface area contributed by atoms with Crippen molar-refractivity contribution in [3.63, 3.8) is 0 Å². The lowest BCUT2D eigenvalue weighted by atomic mass is 10.1. The van der Waals surface area contributed by atoms with Crippen LogP contribution >= 0.6 is 0 Å². The highest BCUT2D eigenvalue weighted by atomic mass is 32.2. The standard InChI is InChI=1S/C12H17FN2O4S/c1-9-11(13)6-10(8-16)7-12(9)20(17,18)14-15-2-4-19-5-3-15/h6-7,14,16H,2-5,8H2,1H3. The molecule has 0 aromatic heterocycles. The van der Waals surface area contributed by atoms with Gasteiger partial charge in [-0.3, -0.25) is 0 Å². The number of hydrazine groups is 1. The predicted molar refractivity (Wildman–Crippen MR) is 69.8 cm³/mol. The van der Waals surface area contributed by atoms with Crippen LogP contribution in [0.5, 0.6) is 0 Å². The lowest BCUT2D eigenvalue weighted by Gasteiger charge is -2.27. The summed E-state index contributed by atoms with van der Waals surface area (Å²) in [6, 6.07) is 2.41. The lowest BCUT2D eigenvalue weighted by Crippen LogP contribution is -2.48. The van der Waals surface area contributed by atoms with E-state index in [-0.39, 0.29) is 16.0 Å². The summed E-state index contributed by atoms with van der Waals surface area (Å²) in [5.41, 5.74) is 0.249. The van der Waals surface area contributed by atoms with Crippen LogP contribution in [0.1, 0.15) is 11.1 Å². The van der Waals surface area contributed by atoms with Gasteiger partial charge in [-0.05, 0) is 24.6 Å². The third-order valence-corrected chi connectivity index (χ3v) is 4.59. The fourth-order valence-electron chi connectivity index (χ4n) is 1.95. The van der Waals surface area contributed by atoms with Crippen molar-refractivity contribution in [2.45, 2.75) is 18.4 Å². The lowest BCUT2D eigenvalue weighted by molar-refractivity contribution is 0.0272. The maximum absolute atomic E-state index is 13.7. The number of hydrogen-bond donors (Lipinski definition) is 2. The van der Waals surface area contributed by atoms with Crippen molar-refractivity contribution >= 4 is 10.0 Å². The van der Waals surface area contributed by atoms with Crippen LogP contribution in [-0.2, 0) is 21.4 Å². The van der Waals surface area contributed by atoms with E-state index >= 15 is 0 Å². The zero-order valence-electron chi connectivity index (χ0n) is 11.1. The van der Waals surface area contributed by atoms with Crippen LogP contribution in [0.3, 0.4) is 0 Å². The molecule has 0 amide bonds. The van der Waals surface area contributed by atoms with Crippen LogP contribution in [0.4, 0.5) is 4.39 Å². The Kier molecular flexibility index (Phi) is 4.71. The van der Waals surface area contributed by atoms with E-state index in [1.807, 2.05) is 0 Å². The molecule has 0 radical (unpaired) electrons. The van der Waals surface area contributed by atoms with E-state index in [4.69, 9.17) is 9.84 Å². The summed E-state index contributed by atoms with van der Waals surface area (Å²) in [4.78, 5) is 2.25. The van der Waals surface area contributed by atoms with Gasteiger partial charge < -0.3 is 9.84 Å². The SMILES string of the molecule is Cc1c(F)cc(CO)cc1S(=O)(=O)NN1CCOCC1. The number of rotatable bonds is 4. The number of nitrogens with one attached hydrogen (secondary N) is 1. The third-order valence-electron chi connectivity index (χ3n) is 3.09. The Morgan fingerprint density at radius 2 is 2.05 bits per heavy atom. The van der Waals surface area contributed by atoms with E-state index in [1.165, 1.54) is 18.0 Å². The van der Waals surface area contributed by atoms with Crippen LogP contribution in [0, 0.1) is 12.7 Å². The van der Waals surface area contributed by atoms with Crippen molar-refractivity contribution in [2.75, 3.05) is 26.3 Å². The minimum Gasteiger partial charge on any atom is -0.392 e. The Bertz CT molecular complexity index is 585. The molecule has 1 heterocycles. The molecule has 0 saturated carbocycles. The number of nitrogens with zero attached hydrogens (tertiary/aromatic N) is 1. The first kappa shape index (κ1) is 15.3. The topological polar surface area (TPSA) is 78.9 Å². The van der Waals surface area contributed by atoms with Crippen LogP contribution < -0.4 is 4.83 Å². The van der Waals surface area contributed by atoms with Crippen molar-refractivity contribution in [3.8, 4) is 0 Å². The Labute approximate surface area is 117 Å². The normalized spacial score (nSPS) is 17.4. The smallest absolute Gasteiger partial charge is 0.253 e. The minimum absolute atomic E-state index is 0.0305. The van der Waals surface area contributed by atoms with Gasteiger partial charge in [0.15, 0.2) is 0 Å². The van der Waals surface area contributed by atoms with E-state index in [9.17, 15) is 12.8 Å². The van der Waals surface area contributed by atoms with E-state index in [2.05, 4.69) is 4.83 Å². The number of morpholine rings is 1. The first-order valence-corrected chi connectivity index (χ1v) is 7.67. The molecule has 0 unspecified atom stereocenters. The summed E-state index contributed by atoms with van der Waals surface area (Å²) in [7, 11) is -3.88. The summed E-state index contributed by atoms with van der Waals surface area (Å²) < 4.78 is 43.4. The minimum atomic E-state index is -3.88. The quantitative estimate of drug-likeness (QED) is 0.828. The molecule has 0 spiro atoms. The van der Waals surface area contributed by atoms with Crippen molar-refractivity contribution in [3.05, 3.63) is 29.1 Å². The number of halogens is 1. The Hall–Kier alpha value is -1.06. The maximum atomic E-state index is 13.7. The number of aliphatic hydroxyl groups is 1. The first-order valence-electron chi connectivity index (χ1n) is 6.19. The second-order valence-electron chi connectivity index (χ2n) is 4.55. The Morgan fingerprint density at radius 1 is 1.40 bits per heavy atom. The average Bonchev–Trinajstić information content (AvgIpc) is 2.42. The molecule has 1 aromatic rings. The Balaban J connectivity index is 2.30. The highest BCUT2D eigenvalue weighted by Gasteiger charge is 2.23. The zero-order valence-corrected chi connectivity index (χ0v) is 11.9. The molecule has 1 aliphatic rings. The molecule has 2 N–H and O–H groups in total. The summed E-state index contributed by atoms with van der Waals surface area (Å²) in [5.74, 6) is -0.654. The van der Waals surface area contributed by atoms with E-state index in [0.717, 1.165) is 6.07 Å². The largest absolute Gasteiger partial charge is 0.392 e. The molecule has 0 aliphatic carbocycles. The van der Waals surface area contributed by atoms with Gasteiger partial charge in [0.1, 0.15) is 5.82 Å². The summed E-state index contributed by atoms with van der Waals surface area (Å²) in [5, 5.41) is 10.6. The zero-order chi connectivity index (χ0) is 14.8. The molecule has 2 rings (SSSR count). The van der Waals surface area contributed by atoms with E-state index in [0.29, 0.717) is 26.3 Å². The van der Waals surface area contributed by atoms with Crippen LogP contribution in [0.25, 0.3) is 0 Å². The second kappa shape index (κ2) is 6.15. The van der Waals surface area contributed by atoms with Gasteiger partial charge >= 0.3 is 0 Å². The Morgan fingerprint density at radius 3 is 2.65 bits per heavy atom. The number of ether oxygens (including phenoxy) is 1. The van der Waals surface area contributed by atoms with Gasteiger partial charge in [0, 0.05) is 18.7 Å². The molecule has 8 heteroatoms. The van der Waals surface area contributed by atoms with Gasteiger partial charge in [0.25, 0.3) is 10.0 Å². The first-order chi connectivity index (χ1) is 9.44. The second-order valence-corrected chi connectivity index (χ2v) is 6.18. The van der Waals surface area contributed by atoms with Gasteiger partial charge in [-0.2, -0.15) is 0 Å². The fourth-order valence-corrected chi connectivity index (χ4v) is 3.38. The predicted octanol–water partition coefficient (Wildman–Crippen LogP) is 0.152. The number of aliphatic hydroxyl groups excluding tert-OH is 1. The molecule has 6 nitrogen and oxygen atoms in total. The monoisotopic (exact) mass is 304 g/mol. The van der Waals surface area contributed by atoms with Crippen molar-refractivity contribution in [1.29, 1.82) is 0 Å². The summed E-state index contributed by atoms with van der Waals surface area (Å²) in [6.45, 7) is 2.71. The molecule has 1 aromatic carbocycles. The molecule has 112 valence electrons. The van der Waals surface area contributed by atoms with Crippen LogP contribution in [-0.4, -0.2) is 44.8 Å². The number of sulfonamides is 1. The average molecular weight is 304 g/mol. The molecule has 20 heavy (non-hydrogen) atoms. The molecule has 1 aliphatic heterocycles. The highest BCUT2D eigenvalue weighted by Crippen LogP contribution is 2.21. The molecule has 0 atom stereocenters. The summed E-state index contributed by atoms with van der Waals surface area (Å²) in [6.07, 6.45) is 0. The van der Waals surface area contributed by atoms with Crippen molar-refractivity contribution in [2.24, 2.45) is 0 Å². The van der Waals surface area contributed by atoms with E-state index < -0.39 is 22.4 Å². The molecule has 1 saturated heterocycles. The van der Waals surface area contributed by atoms with E-state index in [1.54, 1.807) is 0 Å². The van der Waals surface area contributed by atoms with Gasteiger partial charge in [0.05, 0.1) is 24.7 Å². The van der Waals surface area contributed by atoms with Crippen LogP contribution in [0.15, 0.2) is 17.0 Å². The summed E-state index contributed by atoms with van der Waals surface area (Å²) >= 11 is 0. The fraction of sp³-hybridized carbons (Fsp3) is 0.500. The van der Waals surface area contributed by atoms with Crippen LogP contribution in [0.2, 0.25) is 0 Å². The van der Waals surface area contributed by atoms with Gasteiger partial charge in [-0.1, -0.05) is 0 Å². The molecule has 1 fully saturated rings. The molecular formula is C12H17FN2O4S. The van der Waals surface area contributed by atoms with Gasteiger partial charge in [-0.25, -0.2) is 17.8 Å². The van der Waals surface area contributed by atoms with Gasteiger partial charge in [0.2, 0.25) is 0 Å². The molecular weight excluding hydrogens is 287 g/mol. The van der Waals surface area contributed by atoms with Crippen molar-refractivity contribution in [1.82, 2.24) is 9.84 Å². The van der Waals surface area contributed by atoms with Gasteiger partial charge in [-0.15, -0.1) is 4.83 Å². The third kappa shape index (κ3) is 3.33.